The summed E-state index contributed by atoms with van der Waals surface area (Å²) in [5.74, 6) is -0.207. The molecule has 0 radical (unpaired) electrons. The van der Waals surface area contributed by atoms with E-state index >= 15 is 0 Å². The second-order valence-corrected chi connectivity index (χ2v) is 3.22. The zero-order chi connectivity index (χ0) is 11.6. The van der Waals surface area contributed by atoms with Crippen molar-refractivity contribution >= 4 is 28.9 Å². The number of ether oxygens (including phenoxy) is 1. The number of nitrogens with two attached hydrogens (primary N) is 1. The van der Waals surface area contributed by atoms with Crippen molar-refractivity contribution in [1.82, 2.24) is 0 Å². The maximum atomic E-state index is 10.7. The van der Waals surface area contributed by atoms with Crippen molar-refractivity contribution in [2.24, 2.45) is 5.73 Å². The van der Waals surface area contributed by atoms with Gasteiger partial charge in [0, 0.05) is 12.7 Å². The maximum Gasteiger partial charge on any atom is 0.323 e. The van der Waals surface area contributed by atoms with Gasteiger partial charge in [0.25, 0.3) is 0 Å². The van der Waals surface area contributed by atoms with Gasteiger partial charge < -0.3 is 15.9 Å². The van der Waals surface area contributed by atoms with Gasteiger partial charge in [0.1, 0.15) is 6.04 Å². The number of methoxy groups -OCH3 is 1. The largest absolute Gasteiger partial charge is 0.724 e. The van der Waals surface area contributed by atoms with Gasteiger partial charge in [-0.2, -0.15) is 0 Å². The van der Waals surface area contributed by atoms with Crippen molar-refractivity contribution in [3.05, 3.63) is 5.41 Å². The van der Waals surface area contributed by atoms with E-state index < -0.39 is 12.0 Å². The Morgan fingerprint density at radius 1 is 1.64 bits per heavy atom. The number of carbonyl (C=O) groups excluding carboxylic acids is 3. The van der Waals surface area contributed by atoms with E-state index in [0.717, 1.165) is 11.8 Å². The van der Waals surface area contributed by atoms with Crippen molar-refractivity contribution < 1.29 is 19.1 Å². The second kappa shape index (κ2) is 9.91. The third-order valence-electron chi connectivity index (χ3n) is 0.970. The molecule has 80 valence electrons. The third-order valence-corrected chi connectivity index (χ3v) is 1.90. The Morgan fingerprint density at radius 2 is 2.07 bits per heavy atom. The van der Waals surface area contributed by atoms with Crippen molar-refractivity contribution in [2.75, 3.05) is 12.9 Å². The molecule has 0 aliphatic carbocycles. The monoisotopic (exact) mass is 219 g/mol. The predicted octanol–water partition coefficient (Wildman–Crippen LogP) is -0.342. The molecule has 0 fully saturated rings. The Kier molecular flexibility index (Phi) is 10.8. The van der Waals surface area contributed by atoms with Gasteiger partial charge in [-0.15, -0.1) is 0 Å². The standard InChI is InChI=1S/C6H11NO3S.CNO/c1-4(8)11-3-5(7)6(9)10-2;2-1-3/h5H,3,7H2,1-2H3;/q;-1/t5-;/m0./s1. The summed E-state index contributed by atoms with van der Waals surface area (Å²) < 4.78 is 4.36. The second-order valence-electron chi connectivity index (χ2n) is 2.02. The number of isocyanates is 1. The van der Waals surface area contributed by atoms with Gasteiger partial charge in [0.05, 0.1) is 7.11 Å². The van der Waals surface area contributed by atoms with Gasteiger partial charge >= 0.3 is 5.97 Å². The summed E-state index contributed by atoms with van der Waals surface area (Å²) >= 11 is 1.02. The molecule has 0 rings (SSSR count). The highest BCUT2D eigenvalue weighted by molar-refractivity contribution is 8.13. The molecule has 0 heterocycles. The van der Waals surface area contributed by atoms with Crippen LogP contribution in [-0.4, -0.2) is 36.1 Å². The van der Waals surface area contributed by atoms with Gasteiger partial charge in [0.15, 0.2) is 5.12 Å². The van der Waals surface area contributed by atoms with Gasteiger partial charge in [-0.1, -0.05) is 11.8 Å². The molecule has 2 N–H and O–H groups in total. The van der Waals surface area contributed by atoms with E-state index in [1.165, 1.54) is 14.0 Å². The molecule has 7 heteroatoms. The lowest BCUT2D eigenvalue weighted by Crippen LogP contribution is -2.34. The Bertz CT molecular complexity index is 226. The van der Waals surface area contributed by atoms with Crippen LogP contribution in [0.25, 0.3) is 5.41 Å². The molecule has 14 heavy (non-hydrogen) atoms. The summed E-state index contributed by atoms with van der Waals surface area (Å²) in [5, 5.41) is 6.71. The first-order valence-corrected chi connectivity index (χ1v) is 4.46. The summed E-state index contributed by atoms with van der Waals surface area (Å²) in [4.78, 5) is 29.3. The Balaban J connectivity index is 0. The lowest BCUT2D eigenvalue weighted by atomic mass is 10.4. The first-order valence-electron chi connectivity index (χ1n) is 3.47. The zero-order valence-corrected chi connectivity index (χ0v) is 8.67. The van der Waals surface area contributed by atoms with Gasteiger partial charge in [-0.25, -0.2) is 0 Å². The third kappa shape index (κ3) is 10.8. The highest BCUT2D eigenvalue weighted by atomic mass is 32.2. The van der Waals surface area contributed by atoms with Crippen LogP contribution in [0.1, 0.15) is 6.92 Å². The van der Waals surface area contributed by atoms with Gasteiger partial charge in [-0.05, 0) is 6.08 Å². The molecular weight excluding hydrogens is 208 g/mol. The fourth-order valence-electron chi connectivity index (χ4n) is 0.427. The number of thioether (sulfide) groups is 1. The van der Waals surface area contributed by atoms with Crippen molar-refractivity contribution in [3.63, 3.8) is 0 Å². The average Bonchev–Trinajstić information content (AvgIpc) is 2.14. The predicted molar refractivity (Wildman–Crippen MR) is 52.2 cm³/mol. The number of nitrogens with zero attached hydrogens (tertiary/aromatic N) is 1. The van der Waals surface area contributed by atoms with E-state index in [-0.39, 0.29) is 10.9 Å². The van der Waals surface area contributed by atoms with Crippen LogP contribution in [0.5, 0.6) is 0 Å². The van der Waals surface area contributed by atoms with Crippen LogP contribution >= 0.6 is 11.8 Å². The molecule has 0 bridgehead atoms. The van der Waals surface area contributed by atoms with E-state index in [4.69, 9.17) is 15.9 Å². The SMILES string of the molecule is COC(=O)[C@@H](N)CSC(C)=O.[N-]=C=O. The molecular formula is C7H11N2O4S-. The maximum absolute atomic E-state index is 10.7. The number of carbonyl (C=O) groups is 2. The van der Waals surface area contributed by atoms with E-state index in [0.29, 0.717) is 6.08 Å². The number of rotatable bonds is 3. The highest BCUT2D eigenvalue weighted by Gasteiger charge is 2.13. The Labute approximate surface area is 85.7 Å². The van der Waals surface area contributed by atoms with Crippen LogP contribution in [0.2, 0.25) is 0 Å². The summed E-state index contributed by atoms with van der Waals surface area (Å²) in [6, 6.07) is -0.700. The summed E-state index contributed by atoms with van der Waals surface area (Å²) in [6.07, 6.45) is 0.500. The number of hydrogen-bond donors (Lipinski definition) is 1. The topological polar surface area (TPSA) is 109 Å². The first-order chi connectivity index (χ1) is 6.49. The van der Waals surface area contributed by atoms with E-state index in [9.17, 15) is 9.59 Å². The Hall–Kier alpha value is -1.17. The lowest BCUT2D eigenvalue weighted by molar-refractivity contribution is -0.141. The summed E-state index contributed by atoms with van der Waals surface area (Å²) in [7, 11) is 1.26. The Morgan fingerprint density at radius 3 is 2.36 bits per heavy atom. The van der Waals surface area contributed by atoms with Crippen LogP contribution < -0.4 is 5.73 Å². The van der Waals surface area contributed by atoms with Crippen LogP contribution in [0, 0.1) is 0 Å². The molecule has 0 aromatic carbocycles. The van der Waals surface area contributed by atoms with Crippen molar-refractivity contribution in [1.29, 1.82) is 0 Å². The zero-order valence-electron chi connectivity index (χ0n) is 7.85. The fraction of sp³-hybridized carbons (Fsp3) is 0.571. The van der Waals surface area contributed by atoms with Crippen LogP contribution in [-0.2, 0) is 19.1 Å². The number of esters is 1. The smallest absolute Gasteiger partial charge is 0.323 e. The molecule has 0 saturated carbocycles. The van der Waals surface area contributed by atoms with E-state index in [2.05, 4.69) is 4.74 Å². The highest BCUT2D eigenvalue weighted by Crippen LogP contribution is 2.02. The van der Waals surface area contributed by atoms with Crippen LogP contribution in [0.15, 0.2) is 0 Å². The minimum atomic E-state index is -0.700. The molecule has 0 aliphatic rings. The molecule has 0 aromatic heterocycles. The van der Waals surface area contributed by atoms with Crippen LogP contribution in [0.3, 0.4) is 0 Å². The van der Waals surface area contributed by atoms with Gasteiger partial charge in [0.2, 0.25) is 0 Å². The molecule has 0 amide bonds. The summed E-state index contributed by atoms with van der Waals surface area (Å²) in [6.45, 7) is 1.43. The quantitative estimate of drug-likeness (QED) is 0.395. The molecule has 0 saturated heterocycles. The van der Waals surface area contributed by atoms with Crippen molar-refractivity contribution in [3.8, 4) is 0 Å². The molecule has 1 atom stereocenters. The number of hydrogen-bond acceptors (Lipinski definition) is 6. The minimum Gasteiger partial charge on any atom is -0.724 e. The molecule has 0 unspecified atom stereocenters. The van der Waals surface area contributed by atoms with Gasteiger partial charge in [-0.3, -0.25) is 14.4 Å². The normalized spacial score (nSPS) is 10.2. The van der Waals surface area contributed by atoms with Crippen LogP contribution in [0.4, 0.5) is 0 Å². The average molecular weight is 219 g/mol. The van der Waals surface area contributed by atoms with E-state index in [1.807, 2.05) is 0 Å². The molecule has 0 aromatic rings. The molecule has 0 aliphatic heterocycles. The molecule has 6 nitrogen and oxygen atoms in total. The van der Waals surface area contributed by atoms with Crippen molar-refractivity contribution in [2.45, 2.75) is 13.0 Å². The lowest BCUT2D eigenvalue weighted by Gasteiger charge is -2.05. The fourth-order valence-corrected chi connectivity index (χ4v) is 0.977. The molecule has 0 spiro atoms. The first kappa shape index (κ1) is 15.3. The minimum absolute atomic E-state index is 0.0515. The summed E-state index contributed by atoms with van der Waals surface area (Å²) in [5.41, 5.74) is 5.33. The van der Waals surface area contributed by atoms with E-state index in [1.54, 1.807) is 0 Å².